The number of hydrogen-bond donors (Lipinski definition) is 1. The Labute approximate surface area is 177 Å². The lowest BCUT2D eigenvalue weighted by Gasteiger charge is -2.21. The van der Waals surface area contributed by atoms with Crippen molar-refractivity contribution >= 4 is 11.9 Å². The molecule has 1 aromatic heterocycles. The van der Waals surface area contributed by atoms with E-state index in [0.717, 1.165) is 25.7 Å². The zero-order valence-electron chi connectivity index (χ0n) is 17.1. The number of carbonyl (C=O) groups is 2. The Bertz CT molecular complexity index is 914. The maximum Gasteiger partial charge on any atom is 0.387 e. The second-order valence-corrected chi connectivity index (χ2v) is 7.09. The molecule has 1 fully saturated rings. The zero-order valence-corrected chi connectivity index (χ0v) is 17.1. The van der Waals surface area contributed by atoms with Crippen molar-refractivity contribution in [3.63, 3.8) is 0 Å². The minimum absolute atomic E-state index is 0.0380. The third-order valence-electron chi connectivity index (χ3n) is 4.93. The molecule has 1 aromatic carbocycles. The number of halogens is 2. The van der Waals surface area contributed by atoms with Crippen LogP contribution >= 0.6 is 0 Å². The third-order valence-corrected chi connectivity index (χ3v) is 4.93. The Morgan fingerprint density at radius 1 is 1.26 bits per heavy atom. The van der Waals surface area contributed by atoms with Crippen LogP contribution in [-0.2, 0) is 20.9 Å². The maximum atomic E-state index is 12.5. The number of esters is 1. The Balaban J connectivity index is 1.65. The second kappa shape index (κ2) is 10.2. The van der Waals surface area contributed by atoms with Crippen LogP contribution in [0.4, 0.5) is 8.78 Å². The number of alkyl halides is 2. The Kier molecular flexibility index (Phi) is 7.37. The molecule has 168 valence electrons. The normalized spacial score (nSPS) is 15.0. The lowest BCUT2D eigenvalue weighted by Crippen LogP contribution is -2.45. The maximum absolute atomic E-state index is 12.5. The summed E-state index contributed by atoms with van der Waals surface area (Å²) in [4.78, 5) is 28.1. The first-order valence-electron chi connectivity index (χ1n) is 9.77. The molecular formula is C20H23F2N3O6. The summed E-state index contributed by atoms with van der Waals surface area (Å²) < 4.78 is 44.7. The van der Waals surface area contributed by atoms with Crippen LogP contribution in [-0.4, -0.2) is 41.8 Å². The van der Waals surface area contributed by atoms with E-state index in [-0.39, 0.29) is 41.6 Å². The molecule has 1 N–H and O–H groups in total. The fourth-order valence-electron chi connectivity index (χ4n) is 3.53. The van der Waals surface area contributed by atoms with Gasteiger partial charge < -0.3 is 24.1 Å². The highest BCUT2D eigenvalue weighted by Crippen LogP contribution is 2.33. The smallest absolute Gasteiger partial charge is 0.387 e. The fourth-order valence-corrected chi connectivity index (χ4v) is 3.53. The van der Waals surface area contributed by atoms with Crippen LogP contribution in [0, 0.1) is 5.92 Å². The molecule has 31 heavy (non-hydrogen) atoms. The number of carbonyl (C=O) groups excluding carboxylic acids is 2. The minimum atomic E-state index is -2.99. The molecule has 1 unspecified atom stereocenters. The van der Waals surface area contributed by atoms with Gasteiger partial charge in [0, 0.05) is 12.5 Å². The molecule has 1 atom stereocenters. The van der Waals surface area contributed by atoms with Crippen molar-refractivity contribution in [2.24, 2.45) is 5.92 Å². The van der Waals surface area contributed by atoms with E-state index < -0.39 is 18.6 Å². The van der Waals surface area contributed by atoms with Gasteiger partial charge in [0.2, 0.25) is 11.7 Å². The number of benzene rings is 1. The van der Waals surface area contributed by atoms with E-state index in [1.165, 1.54) is 32.2 Å². The summed E-state index contributed by atoms with van der Waals surface area (Å²) in [6.07, 6.45) is 3.70. The summed E-state index contributed by atoms with van der Waals surface area (Å²) in [5.74, 6) is -0.680. The van der Waals surface area contributed by atoms with Crippen molar-refractivity contribution in [2.45, 2.75) is 51.9 Å². The van der Waals surface area contributed by atoms with Gasteiger partial charge in [-0.05, 0) is 37.0 Å². The van der Waals surface area contributed by atoms with Crippen molar-refractivity contribution < 1.29 is 37.1 Å². The SMILES string of the molecule is COc1cc(-c2noc(COC(=O)C(NC(C)=O)C3CCCC3)n2)ccc1OC(F)F. The van der Waals surface area contributed by atoms with Crippen molar-refractivity contribution in [3.05, 3.63) is 24.1 Å². The predicted octanol–water partition coefficient (Wildman–Crippen LogP) is 3.08. The number of aromatic nitrogens is 2. The Morgan fingerprint density at radius 2 is 2.00 bits per heavy atom. The molecule has 1 amide bonds. The molecule has 0 spiro atoms. The quantitative estimate of drug-likeness (QED) is 0.593. The summed E-state index contributed by atoms with van der Waals surface area (Å²) in [7, 11) is 1.31. The second-order valence-electron chi connectivity index (χ2n) is 7.09. The van der Waals surface area contributed by atoms with E-state index >= 15 is 0 Å². The van der Waals surface area contributed by atoms with E-state index in [9.17, 15) is 18.4 Å². The molecule has 1 saturated carbocycles. The van der Waals surface area contributed by atoms with Crippen molar-refractivity contribution in [1.82, 2.24) is 15.5 Å². The van der Waals surface area contributed by atoms with Crippen LogP contribution in [0.15, 0.2) is 22.7 Å². The summed E-state index contributed by atoms with van der Waals surface area (Å²) >= 11 is 0. The van der Waals surface area contributed by atoms with Gasteiger partial charge in [0.1, 0.15) is 6.04 Å². The highest BCUT2D eigenvalue weighted by molar-refractivity contribution is 5.83. The zero-order chi connectivity index (χ0) is 22.4. The van der Waals surface area contributed by atoms with Crippen LogP contribution in [0.2, 0.25) is 0 Å². The van der Waals surface area contributed by atoms with Gasteiger partial charge in [0.05, 0.1) is 7.11 Å². The number of hydrogen-bond acceptors (Lipinski definition) is 8. The lowest BCUT2D eigenvalue weighted by molar-refractivity contribution is -0.151. The first-order chi connectivity index (χ1) is 14.9. The lowest BCUT2D eigenvalue weighted by atomic mass is 9.98. The van der Waals surface area contributed by atoms with Crippen LogP contribution in [0.5, 0.6) is 11.5 Å². The minimum Gasteiger partial charge on any atom is -0.493 e. The highest BCUT2D eigenvalue weighted by atomic mass is 19.3. The topological polar surface area (TPSA) is 113 Å². The van der Waals surface area contributed by atoms with Crippen molar-refractivity contribution in [2.75, 3.05) is 7.11 Å². The molecule has 1 aliphatic carbocycles. The number of nitrogens with zero attached hydrogens (tertiary/aromatic N) is 2. The first-order valence-corrected chi connectivity index (χ1v) is 9.77. The molecule has 0 saturated heterocycles. The molecular weight excluding hydrogens is 416 g/mol. The van der Waals surface area contributed by atoms with Gasteiger partial charge in [-0.25, -0.2) is 4.79 Å². The van der Waals surface area contributed by atoms with Gasteiger partial charge in [0.15, 0.2) is 18.1 Å². The third kappa shape index (κ3) is 5.89. The van der Waals surface area contributed by atoms with Gasteiger partial charge >= 0.3 is 12.6 Å². The average molecular weight is 439 g/mol. The fraction of sp³-hybridized carbons (Fsp3) is 0.500. The van der Waals surface area contributed by atoms with Crippen LogP contribution in [0.1, 0.15) is 38.5 Å². The predicted molar refractivity (Wildman–Crippen MR) is 102 cm³/mol. The molecule has 11 heteroatoms. The summed E-state index contributed by atoms with van der Waals surface area (Å²) in [6.45, 7) is -1.90. The average Bonchev–Trinajstić information content (AvgIpc) is 3.42. The van der Waals surface area contributed by atoms with E-state index in [1.54, 1.807) is 0 Å². The van der Waals surface area contributed by atoms with Gasteiger partial charge in [-0.3, -0.25) is 4.79 Å². The molecule has 1 aliphatic rings. The summed E-state index contributed by atoms with van der Waals surface area (Å²) in [6, 6.07) is 3.48. The summed E-state index contributed by atoms with van der Waals surface area (Å²) in [5.41, 5.74) is 0.432. The molecule has 1 heterocycles. The van der Waals surface area contributed by atoms with Crippen LogP contribution in [0.3, 0.4) is 0 Å². The van der Waals surface area contributed by atoms with Crippen molar-refractivity contribution in [1.29, 1.82) is 0 Å². The molecule has 2 aromatic rings. The summed E-state index contributed by atoms with van der Waals surface area (Å²) in [5, 5.41) is 6.47. The van der Waals surface area contributed by atoms with Gasteiger partial charge in [-0.1, -0.05) is 18.0 Å². The van der Waals surface area contributed by atoms with Gasteiger partial charge in [-0.2, -0.15) is 13.8 Å². The van der Waals surface area contributed by atoms with E-state index in [2.05, 4.69) is 20.2 Å². The number of ether oxygens (including phenoxy) is 3. The standard InChI is InChI=1S/C20H23F2N3O6/c1-11(26)23-17(12-5-3-4-6-12)19(27)29-10-16-24-18(25-31-16)13-7-8-14(30-20(21)22)15(9-13)28-2/h7-9,12,17,20H,3-6,10H2,1-2H3,(H,23,26). The molecule has 0 bridgehead atoms. The molecule has 3 rings (SSSR count). The van der Waals surface area contributed by atoms with Crippen molar-refractivity contribution in [3.8, 4) is 22.9 Å². The van der Waals surface area contributed by atoms with E-state index in [4.69, 9.17) is 14.0 Å². The molecule has 9 nitrogen and oxygen atoms in total. The number of nitrogens with one attached hydrogen (secondary N) is 1. The monoisotopic (exact) mass is 439 g/mol. The number of rotatable bonds is 9. The van der Waals surface area contributed by atoms with Gasteiger partial charge in [-0.15, -0.1) is 0 Å². The largest absolute Gasteiger partial charge is 0.493 e. The van der Waals surface area contributed by atoms with Crippen LogP contribution in [0.25, 0.3) is 11.4 Å². The molecule has 0 radical (unpaired) electrons. The molecule has 0 aliphatic heterocycles. The Hall–Kier alpha value is -3.24. The highest BCUT2D eigenvalue weighted by Gasteiger charge is 2.32. The number of amides is 1. The van der Waals surface area contributed by atoms with Crippen LogP contribution < -0.4 is 14.8 Å². The van der Waals surface area contributed by atoms with E-state index in [1.807, 2.05) is 0 Å². The van der Waals surface area contributed by atoms with Gasteiger partial charge in [0.25, 0.3) is 5.89 Å². The Morgan fingerprint density at radius 3 is 2.65 bits per heavy atom. The van der Waals surface area contributed by atoms with E-state index in [0.29, 0.717) is 5.56 Å². The number of methoxy groups -OCH3 is 1. The first kappa shape index (κ1) is 22.4.